The molecule has 1 atom stereocenters. The molecular formula is C28H30FN3O6S. The molecule has 0 aromatic heterocycles. The van der Waals surface area contributed by atoms with Gasteiger partial charge in [-0.3, -0.25) is 14.3 Å². The number of anilines is 1. The second-order valence-corrected chi connectivity index (χ2v) is 10.1. The van der Waals surface area contributed by atoms with Crippen LogP contribution in [0.3, 0.4) is 0 Å². The number of nitrogens with zero attached hydrogens (tertiary/aromatic N) is 1. The van der Waals surface area contributed by atoms with Gasteiger partial charge in [-0.2, -0.15) is 0 Å². The van der Waals surface area contributed by atoms with Crippen LogP contribution in [0.4, 0.5) is 10.1 Å². The van der Waals surface area contributed by atoms with E-state index in [0.29, 0.717) is 5.75 Å². The Balaban J connectivity index is 1.68. The second kappa shape index (κ2) is 13.4. The molecule has 206 valence electrons. The SMILES string of the molecule is C=CCNC(=O)C(C)N(Cc1ccc(OC)cc1)C(=O)COc1ccc(S(=O)(=O)Nc2ccc(F)cc2)cc1. The summed E-state index contributed by atoms with van der Waals surface area (Å²) in [4.78, 5) is 27.1. The molecule has 0 radical (unpaired) electrons. The van der Waals surface area contributed by atoms with Crippen LogP contribution in [0.5, 0.6) is 11.5 Å². The topological polar surface area (TPSA) is 114 Å². The Kier molecular flexibility index (Phi) is 10.0. The molecule has 0 spiro atoms. The maximum atomic E-state index is 13.2. The van der Waals surface area contributed by atoms with Crippen molar-refractivity contribution in [3.8, 4) is 11.5 Å². The lowest BCUT2D eigenvalue weighted by atomic mass is 10.1. The molecule has 0 aliphatic heterocycles. The number of nitrogens with one attached hydrogen (secondary N) is 2. The summed E-state index contributed by atoms with van der Waals surface area (Å²) >= 11 is 0. The number of benzene rings is 3. The van der Waals surface area contributed by atoms with Crippen molar-refractivity contribution < 1.29 is 31.9 Å². The van der Waals surface area contributed by atoms with E-state index in [1.165, 1.54) is 41.3 Å². The molecule has 0 aliphatic rings. The third-order valence-electron chi connectivity index (χ3n) is 5.69. The van der Waals surface area contributed by atoms with E-state index in [2.05, 4.69) is 16.6 Å². The van der Waals surface area contributed by atoms with E-state index in [9.17, 15) is 22.4 Å². The Labute approximate surface area is 227 Å². The van der Waals surface area contributed by atoms with Crippen molar-refractivity contribution in [2.45, 2.75) is 24.4 Å². The molecule has 0 heterocycles. The van der Waals surface area contributed by atoms with Gasteiger partial charge in [0.25, 0.3) is 15.9 Å². The normalized spacial score (nSPS) is 11.7. The van der Waals surface area contributed by atoms with Gasteiger partial charge in [-0.15, -0.1) is 6.58 Å². The van der Waals surface area contributed by atoms with Crippen molar-refractivity contribution in [2.24, 2.45) is 0 Å². The number of methoxy groups -OCH3 is 1. The summed E-state index contributed by atoms with van der Waals surface area (Å²) in [6, 6.07) is 16.7. The molecule has 3 aromatic rings. The molecule has 3 rings (SSSR count). The minimum absolute atomic E-state index is 0.0425. The average molecular weight is 556 g/mol. The molecule has 0 saturated carbocycles. The van der Waals surface area contributed by atoms with Gasteiger partial charge in [-0.1, -0.05) is 18.2 Å². The number of halogens is 1. The summed E-state index contributed by atoms with van der Waals surface area (Å²) in [6.07, 6.45) is 1.54. The highest BCUT2D eigenvalue weighted by Gasteiger charge is 2.26. The molecule has 0 bridgehead atoms. The first-order valence-corrected chi connectivity index (χ1v) is 13.4. The molecular weight excluding hydrogens is 525 g/mol. The average Bonchev–Trinajstić information content (AvgIpc) is 2.94. The van der Waals surface area contributed by atoms with Crippen molar-refractivity contribution in [3.05, 3.63) is 96.8 Å². The third kappa shape index (κ3) is 8.30. The van der Waals surface area contributed by atoms with Gasteiger partial charge in [-0.05, 0) is 73.2 Å². The summed E-state index contributed by atoms with van der Waals surface area (Å²) in [5.74, 6) is -0.350. The van der Waals surface area contributed by atoms with Crippen LogP contribution in [-0.4, -0.2) is 51.4 Å². The van der Waals surface area contributed by atoms with Crippen molar-refractivity contribution in [1.29, 1.82) is 0 Å². The Bertz CT molecular complexity index is 1380. The third-order valence-corrected chi connectivity index (χ3v) is 7.09. The largest absolute Gasteiger partial charge is 0.497 e. The van der Waals surface area contributed by atoms with Crippen LogP contribution in [0.2, 0.25) is 0 Å². The van der Waals surface area contributed by atoms with E-state index in [1.54, 1.807) is 44.4 Å². The zero-order valence-corrected chi connectivity index (χ0v) is 22.4. The number of hydrogen-bond acceptors (Lipinski definition) is 6. The molecule has 0 saturated heterocycles. The lowest BCUT2D eigenvalue weighted by Crippen LogP contribution is -2.49. The summed E-state index contributed by atoms with van der Waals surface area (Å²) in [7, 11) is -2.37. The van der Waals surface area contributed by atoms with Crippen molar-refractivity contribution in [1.82, 2.24) is 10.2 Å². The predicted octanol–water partition coefficient (Wildman–Crippen LogP) is 3.73. The summed E-state index contributed by atoms with van der Waals surface area (Å²) in [5, 5.41) is 2.69. The number of sulfonamides is 1. The molecule has 3 aromatic carbocycles. The number of carbonyl (C=O) groups is 2. The Hall–Kier alpha value is -4.38. The molecule has 39 heavy (non-hydrogen) atoms. The van der Waals surface area contributed by atoms with E-state index in [1.807, 2.05) is 0 Å². The van der Waals surface area contributed by atoms with Crippen LogP contribution >= 0.6 is 0 Å². The fourth-order valence-electron chi connectivity index (χ4n) is 3.51. The Morgan fingerprint density at radius 3 is 2.21 bits per heavy atom. The summed E-state index contributed by atoms with van der Waals surface area (Å²) < 4.78 is 51.5. The highest BCUT2D eigenvalue weighted by atomic mass is 32.2. The van der Waals surface area contributed by atoms with Crippen LogP contribution in [0.15, 0.2) is 90.3 Å². The standard InChI is InChI=1S/C28H30FN3O6S/c1-4-17-30-28(34)20(2)32(18-21-5-11-24(37-3)12-6-21)27(33)19-38-25-13-15-26(16-14-25)39(35,36)31-23-9-7-22(29)8-10-23/h4-16,20,31H,1,17-19H2,2-3H3,(H,30,34). The van der Waals surface area contributed by atoms with E-state index in [-0.39, 0.29) is 41.9 Å². The molecule has 9 nitrogen and oxygen atoms in total. The van der Waals surface area contributed by atoms with E-state index >= 15 is 0 Å². The van der Waals surface area contributed by atoms with Crippen LogP contribution in [-0.2, 0) is 26.2 Å². The lowest BCUT2D eigenvalue weighted by Gasteiger charge is -2.28. The molecule has 0 fully saturated rings. The lowest BCUT2D eigenvalue weighted by molar-refractivity contribution is -0.142. The first-order valence-electron chi connectivity index (χ1n) is 11.9. The van der Waals surface area contributed by atoms with Gasteiger partial charge in [0.15, 0.2) is 6.61 Å². The van der Waals surface area contributed by atoms with E-state index < -0.39 is 27.8 Å². The smallest absolute Gasteiger partial charge is 0.261 e. The van der Waals surface area contributed by atoms with Crippen LogP contribution < -0.4 is 19.5 Å². The number of hydrogen-bond donors (Lipinski definition) is 2. The first-order chi connectivity index (χ1) is 18.6. The number of ether oxygens (including phenoxy) is 2. The number of amides is 2. The first kappa shape index (κ1) is 29.2. The van der Waals surface area contributed by atoms with Gasteiger partial charge in [0, 0.05) is 18.8 Å². The van der Waals surface area contributed by atoms with Gasteiger partial charge in [-0.25, -0.2) is 12.8 Å². The van der Waals surface area contributed by atoms with Gasteiger partial charge >= 0.3 is 0 Å². The molecule has 2 N–H and O–H groups in total. The van der Waals surface area contributed by atoms with Gasteiger partial charge in [0.2, 0.25) is 5.91 Å². The quantitative estimate of drug-likeness (QED) is 0.311. The maximum Gasteiger partial charge on any atom is 0.261 e. The van der Waals surface area contributed by atoms with E-state index in [4.69, 9.17) is 9.47 Å². The molecule has 1 unspecified atom stereocenters. The minimum atomic E-state index is -3.92. The fraction of sp³-hybridized carbons (Fsp3) is 0.214. The zero-order valence-electron chi connectivity index (χ0n) is 21.6. The van der Waals surface area contributed by atoms with Crippen molar-refractivity contribution in [3.63, 3.8) is 0 Å². The summed E-state index contributed by atoms with van der Waals surface area (Å²) in [6.45, 7) is 5.23. The van der Waals surface area contributed by atoms with Gasteiger partial charge < -0.3 is 19.7 Å². The van der Waals surface area contributed by atoms with Crippen molar-refractivity contribution >= 4 is 27.5 Å². The fourth-order valence-corrected chi connectivity index (χ4v) is 4.56. The molecule has 0 aliphatic carbocycles. The number of rotatable bonds is 13. The predicted molar refractivity (Wildman–Crippen MR) is 145 cm³/mol. The number of carbonyl (C=O) groups excluding carboxylic acids is 2. The zero-order chi connectivity index (χ0) is 28.4. The van der Waals surface area contributed by atoms with Crippen LogP contribution in [0.25, 0.3) is 0 Å². The van der Waals surface area contributed by atoms with Gasteiger partial charge in [0.1, 0.15) is 23.4 Å². The monoisotopic (exact) mass is 555 g/mol. The van der Waals surface area contributed by atoms with Crippen molar-refractivity contribution in [2.75, 3.05) is 25.0 Å². The summed E-state index contributed by atoms with van der Waals surface area (Å²) in [5.41, 5.74) is 1.00. The Morgan fingerprint density at radius 1 is 1.00 bits per heavy atom. The highest BCUT2D eigenvalue weighted by molar-refractivity contribution is 7.92. The minimum Gasteiger partial charge on any atom is -0.497 e. The highest BCUT2D eigenvalue weighted by Crippen LogP contribution is 2.20. The van der Waals surface area contributed by atoms with Crippen LogP contribution in [0, 0.1) is 5.82 Å². The Morgan fingerprint density at radius 2 is 1.62 bits per heavy atom. The molecule has 11 heteroatoms. The second-order valence-electron chi connectivity index (χ2n) is 8.45. The van der Waals surface area contributed by atoms with E-state index in [0.717, 1.165) is 17.7 Å². The van der Waals surface area contributed by atoms with Crippen LogP contribution in [0.1, 0.15) is 12.5 Å². The maximum absolute atomic E-state index is 13.2. The van der Waals surface area contributed by atoms with Gasteiger partial charge in [0.05, 0.1) is 12.0 Å². The molecule has 2 amide bonds.